The Hall–Kier alpha value is -1.25. The molecule has 1 aromatic carbocycles. The minimum absolute atomic E-state index is 0.230. The van der Waals surface area contributed by atoms with E-state index in [2.05, 4.69) is 30.8 Å². The van der Waals surface area contributed by atoms with Crippen molar-refractivity contribution in [2.24, 2.45) is 7.05 Å². The predicted molar refractivity (Wildman–Crippen MR) is 74.0 cm³/mol. The molecule has 19 heavy (non-hydrogen) atoms. The Bertz CT molecular complexity index is 669. The van der Waals surface area contributed by atoms with Crippen LogP contribution in [0.5, 0.6) is 0 Å². The molecule has 0 atom stereocenters. The molecule has 1 heterocycles. The van der Waals surface area contributed by atoms with Crippen LogP contribution in [0.1, 0.15) is 5.82 Å². The first kappa shape index (κ1) is 14.2. The molecule has 2 rings (SSSR count). The van der Waals surface area contributed by atoms with Crippen LogP contribution in [0.2, 0.25) is 0 Å². The van der Waals surface area contributed by atoms with Crippen molar-refractivity contribution in [1.82, 2.24) is 19.5 Å². The SMILES string of the molecule is Cn1cnnc1CCNS(=O)(=O)c1ccccc1Br. The van der Waals surface area contributed by atoms with Gasteiger partial charge in [0, 0.05) is 24.5 Å². The fraction of sp³-hybridized carbons (Fsp3) is 0.273. The van der Waals surface area contributed by atoms with Gasteiger partial charge >= 0.3 is 0 Å². The minimum Gasteiger partial charge on any atom is -0.321 e. The Labute approximate surface area is 120 Å². The van der Waals surface area contributed by atoms with Gasteiger partial charge in [-0.25, -0.2) is 13.1 Å². The average Bonchev–Trinajstić information content (AvgIpc) is 2.75. The lowest BCUT2D eigenvalue weighted by Gasteiger charge is -2.07. The molecule has 0 spiro atoms. The Morgan fingerprint density at radius 1 is 1.37 bits per heavy atom. The molecule has 0 aliphatic carbocycles. The van der Waals surface area contributed by atoms with Gasteiger partial charge in [-0.3, -0.25) is 0 Å². The van der Waals surface area contributed by atoms with E-state index in [4.69, 9.17) is 0 Å². The molecule has 0 saturated carbocycles. The van der Waals surface area contributed by atoms with Crippen LogP contribution < -0.4 is 4.72 Å². The molecule has 2 aromatic rings. The van der Waals surface area contributed by atoms with Crippen LogP contribution in [-0.2, 0) is 23.5 Å². The third kappa shape index (κ3) is 3.40. The molecule has 0 aliphatic rings. The third-order valence-corrected chi connectivity index (χ3v) is 5.05. The van der Waals surface area contributed by atoms with E-state index in [0.717, 1.165) is 5.82 Å². The molecule has 102 valence electrons. The molecule has 0 unspecified atom stereocenters. The molecular weight excluding hydrogens is 332 g/mol. The molecule has 1 aromatic heterocycles. The van der Waals surface area contributed by atoms with E-state index >= 15 is 0 Å². The van der Waals surface area contributed by atoms with Crippen molar-refractivity contribution in [3.05, 3.63) is 40.9 Å². The Morgan fingerprint density at radius 3 is 2.74 bits per heavy atom. The van der Waals surface area contributed by atoms with E-state index in [1.54, 1.807) is 35.2 Å². The van der Waals surface area contributed by atoms with Crippen molar-refractivity contribution < 1.29 is 8.42 Å². The molecule has 1 N–H and O–H groups in total. The maximum absolute atomic E-state index is 12.1. The third-order valence-electron chi connectivity index (χ3n) is 2.57. The molecule has 6 nitrogen and oxygen atoms in total. The van der Waals surface area contributed by atoms with E-state index < -0.39 is 10.0 Å². The van der Waals surface area contributed by atoms with Gasteiger partial charge in [-0.2, -0.15) is 0 Å². The number of nitrogens with zero attached hydrogens (tertiary/aromatic N) is 3. The van der Waals surface area contributed by atoms with Crippen molar-refractivity contribution in [2.75, 3.05) is 6.54 Å². The standard InChI is InChI=1S/C11H13BrN4O2S/c1-16-8-13-15-11(16)6-7-14-19(17,18)10-5-3-2-4-9(10)12/h2-5,8,14H,6-7H2,1H3. The van der Waals surface area contributed by atoms with Crippen molar-refractivity contribution in [3.8, 4) is 0 Å². The van der Waals surface area contributed by atoms with E-state index in [-0.39, 0.29) is 11.4 Å². The first-order valence-corrected chi connectivity index (χ1v) is 7.85. The van der Waals surface area contributed by atoms with Crippen LogP contribution in [-0.4, -0.2) is 29.7 Å². The summed E-state index contributed by atoms with van der Waals surface area (Å²) in [6, 6.07) is 6.69. The number of hydrogen-bond donors (Lipinski definition) is 1. The summed E-state index contributed by atoms with van der Waals surface area (Å²) in [5.41, 5.74) is 0. The molecule has 8 heteroatoms. The second kappa shape index (κ2) is 5.81. The van der Waals surface area contributed by atoms with Gasteiger partial charge in [-0.15, -0.1) is 10.2 Å². The maximum Gasteiger partial charge on any atom is 0.241 e. The van der Waals surface area contributed by atoms with E-state index in [1.807, 2.05) is 7.05 Å². The lowest BCUT2D eigenvalue weighted by atomic mass is 10.4. The molecular formula is C11H13BrN4O2S. The molecule has 0 amide bonds. The predicted octanol–water partition coefficient (Wildman–Crippen LogP) is 1.10. The molecule has 0 saturated heterocycles. The zero-order valence-electron chi connectivity index (χ0n) is 10.2. The van der Waals surface area contributed by atoms with Gasteiger partial charge < -0.3 is 4.57 Å². The summed E-state index contributed by atoms with van der Waals surface area (Å²) in [5.74, 6) is 0.731. The first-order valence-electron chi connectivity index (χ1n) is 5.58. The number of benzene rings is 1. The highest BCUT2D eigenvalue weighted by Crippen LogP contribution is 2.20. The van der Waals surface area contributed by atoms with Crippen LogP contribution >= 0.6 is 15.9 Å². The van der Waals surface area contributed by atoms with E-state index in [1.165, 1.54) is 0 Å². The second-order valence-electron chi connectivity index (χ2n) is 3.94. The van der Waals surface area contributed by atoms with Gasteiger partial charge in [0.25, 0.3) is 0 Å². The van der Waals surface area contributed by atoms with E-state index in [9.17, 15) is 8.42 Å². The Morgan fingerprint density at radius 2 is 2.11 bits per heavy atom. The fourth-order valence-corrected chi connectivity index (χ4v) is 3.60. The van der Waals surface area contributed by atoms with E-state index in [0.29, 0.717) is 10.9 Å². The summed E-state index contributed by atoms with van der Waals surface area (Å²) < 4.78 is 29.0. The van der Waals surface area contributed by atoms with Crippen molar-refractivity contribution >= 4 is 26.0 Å². The fourth-order valence-electron chi connectivity index (χ4n) is 1.57. The van der Waals surface area contributed by atoms with Gasteiger partial charge in [0.05, 0.1) is 4.90 Å². The number of hydrogen-bond acceptors (Lipinski definition) is 4. The zero-order chi connectivity index (χ0) is 13.9. The van der Waals surface area contributed by atoms with Gasteiger partial charge in [-0.1, -0.05) is 12.1 Å². The summed E-state index contributed by atoms with van der Waals surface area (Å²) in [5, 5.41) is 7.63. The number of aryl methyl sites for hydroxylation is 1. The van der Waals surface area contributed by atoms with Crippen LogP contribution in [0.15, 0.2) is 40.0 Å². The van der Waals surface area contributed by atoms with Crippen molar-refractivity contribution in [3.63, 3.8) is 0 Å². The van der Waals surface area contributed by atoms with Crippen LogP contribution in [0, 0.1) is 0 Å². The number of rotatable bonds is 5. The summed E-state index contributed by atoms with van der Waals surface area (Å²) in [6.07, 6.45) is 2.07. The zero-order valence-corrected chi connectivity index (χ0v) is 12.6. The van der Waals surface area contributed by atoms with Crippen LogP contribution in [0.3, 0.4) is 0 Å². The average molecular weight is 345 g/mol. The molecule has 0 radical (unpaired) electrons. The van der Waals surface area contributed by atoms with Crippen LogP contribution in [0.4, 0.5) is 0 Å². The van der Waals surface area contributed by atoms with Gasteiger partial charge in [0.2, 0.25) is 10.0 Å². The summed E-state index contributed by atoms with van der Waals surface area (Å²) in [4.78, 5) is 0.230. The number of nitrogens with one attached hydrogen (secondary N) is 1. The highest BCUT2D eigenvalue weighted by molar-refractivity contribution is 9.10. The van der Waals surface area contributed by atoms with Crippen LogP contribution in [0.25, 0.3) is 0 Å². The van der Waals surface area contributed by atoms with Gasteiger partial charge in [0.1, 0.15) is 12.2 Å². The molecule has 0 aliphatic heterocycles. The summed E-state index contributed by atoms with van der Waals surface area (Å²) in [6.45, 7) is 0.274. The Kier molecular flexibility index (Phi) is 4.33. The smallest absolute Gasteiger partial charge is 0.241 e. The molecule has 0 fully saturated rings. The van der Waals surface area contributed by atoms with Gasteiger partial charge in [-0.05, 0) is 28.1 Å². The minimum atomic E-state index is -3.51. The van der Waals surface area contributed by atoms with Crippen molar-refractivity contribution in [1.29, 1.82) is 0 Å². The Balaban J connectivity index is 2.03. The number of sulfonamides is 1. The molecule has 0 bridgehead atoms. The maximum atomic E-state index is 12.1. The number of aromatic nitrogens is 3. The van der Waals surface area contributed by atoms with Gasteiger partial charge in [0.15, 0.2) is 0 Å². The highest BCUT2D eigenvalue weighted by atomic mass is 79.9. The highest BCUT2D eigenvalue weighted by Gasteiger charge is 2.16. The second-order valence-corrected chi connectivity index (χ2v) is 6.53. The number of halogens is 1. The largest absolute Gasteiger partial charge is 0.321 e. The quantitative estimate of drug-likeness (QED) is 0.880. The summed E-state index contributed by atoms with van der Waals surface area (Å²) in [7, 11) is -1.69. The summed E-state index contributed by atoms with van der Waals surface area (Å²) >= 11 is 3.23. The topological polar surface area (TPSA) is 76.9 Å². The normalized spacial score (nSPS) is 11.7. The lowest BCUT2D eigenvalue weighted by Crippen LogP contribution is -2.26. The first-order chi connectivity index (χ1) is 9.00. The lowest BCUT2D eigenvalue weighted by molar-refractivity contribution is 0.579. The monoisotopic (exact) mass is 344 g/mol. The van der Waals surface area contributed by atoms with Crippen molar-refractivity contribution in [2.45, 2.75) is 11.3 Å².